The minimum Gasteiger partial charge on any atom is -0.446 e. The lowest BCUT2D eigenvalue weighted by molar-refractivity contribution is -0.0107. The highest BCUT2D eigenvalue weighted by molar-refractivity contribution is 5.68. The summed E-state index contributed by atoms with van der Waals surface area (Å²) in [7, 11) is 0. The topological polar surface area (TPSA) is 48.0 Å². The van der Waals surface area contributed by atoms with Gasteiger partial charge in [-0.15, -0.1) is 0 Å². The fourth-order valence-electron chi connectivity index (χ4n) is 2.60. The number of amides is 1. The van der Waals surface area contributed by atoms with Gasteiger partial charge in [-0.05, 0) is 25.2 Å². The van der Waals surface area contributed by atoms with Gasteiger partial charge in [-0.1, -0.05) is 0 Å². The van der Waals surface area contributed by atoms with Crippen molar-refractivity contribution in [1.82, 2.24) is 4.90 Å². The standard InChI is InChI=1S/C14H23NO4/c16-14(19-12-4-7-17-8-5-12)15-6-3-13(9-15)18-10-11-1-2-11/h11-13H,1-10H2. The highest BCUT2D eigenvalue weighted by atomic mass is 16.6. The molecule has 0 aromatic rings. The number of carbonyl (C=O) groups is 1. The van der Waals surface area contributed by atoms with E-state index in [0.717, 1.165) is 38.3 Å². The molecular weight excluding hydrogens is 246 g/mol. The molecule has 0 aromatic heterocycles. The van der Waals surface area contributed by atoms with Crippen LogP contribution in [0.2, 0.25) is 0 Å². The number of likely N-dealkylation sites (tertiary alicyclic amines) is 1. The summed E-state index contributed by atoms with van der Waals surface area (Å²) in [6.07, 6.45) is 5.27. The fraction of sp³-hybridized carbons (Fsp3) is 0.929. The summed E-state index contributed by atoms with van der Waals surface area (Å²) >= 11 is 0. The van der Waals surface area contributed by atoms with E-state index in [1.165, 1.54) is 12.8 Å². The maximum absolute atomic E-state index is 12.0. The number of nitrogens with zero attached hydrogens (tertiary/aromatic N) is 1. The maximum atomic E-state index is 12.0. The van der Waals surface area contributed by atoms with Crippen LogP contribution in [0.4, 0.5) is 4.79 Å². The van der Waals surface area contributed by atoms with Crippen LogP contribution in [0.15, 0.2) is 0 Å². The Balaban J connectivity index is 1.37. The molecule has 0 bridgehead atoms. The SMILES string of the molecule is O=C(OC1CCOCC1)N1CCC(OCC2CC2)C1. The van der Waals surface area contributed by atoms with E-state index in [0.29, 0.717) is 19.8 Å². The molecule has 19 heavy (non-hydrogen) atoms. The summed E-state index contributed by atoms with van der Waals surface area (Å²) in [4.78, 5) is 13.8. The Hall–Kier alpha value is -0.810. The monoisotopic (exact) mass is 269 g/mol. The van der Waals surface area contributed by atoms with E-state index in [4.69, 9.17) is 14.2 Å². The van der Waals surface area contributed by atoms with E-state index in [2.05, 4.69) is 0 Å². The lowest BCUT2D eigenvalue weighted by atomic mass is 10.2. The van der Waals surface area contributed by atoms with E-state index in [1.807, 2.05) is 0 Å². The molecule has 1 amide bonds. The first-order chi connectivity index (χ1) is 9.31. The van der Waals surface area contributed by atoms with Gasteiger partial charge < -0.3 is 19.1 Å². The van der Waals surface area contributed by atoms with E-state index in [1.54, 1.807) is 4.90 Å². The van der Waals surface area contributed by atoms with Gasteiger partial charge in [0.25, 0.3) is 0 Å². The second-order valence-electron chi connectivity index (χ2n) is 5.83. The normalized spacial score (nSPS) is 28.6. The van der Waals surface area contributed by atoms with Crippen molar-refractivity contribution in [1.29, 1.82) is 0 Å². The molecule has 1 saturated carbocycles. The highest BCUT2D eigenvalue weighted by Gasteiger charge is 2.31. The zero-order chi connectivity index (χ0) is 13.1. The Morgan fingerprint density at radius 2 is 1.89 bits per heavy atom. The van der Waals surface area contributed by atoms with Gasteiger partial charge in [0.1, 0.15) is 6.10 Å². The summed E-state index contributed by atoms with van der Waals surface area (Å²) in [5.74, 6) is 0.781. The van der Waals surface area contributed by atoms with Crippen molar-refractivity contribution >= 4 is 6.09 Å². The average molecular weight is 269 g/mol. The van der Waals surface area contributed by atoms with Crippen LogP contribution in [-0.2, 0) is 14.2 Å². The third kappa shape index (κ3) is 3.83. The molecule has 2 aliphatic heterocycles. The summed E-state index contributed by atoms with van der Waals surface area (Å²) in [6.45, 7) is 3.72. The van der Waals surface area contributed by atoms with Crippen LogP contribution in [0, 0.1) is 5.92 Å². The molecule has 1 unspecified atom stereocenters. The van der Waals surface area contributed by atoms with Gasteiger partial charge in [0.05, 0.1) is 25.9 Å². The molecular formula is C14H23NO4. The number of rotatable bonds is 4. The zero-order valence-electron chi connectivity index (χ0n) is 11.4. The lowest BCUT2D eigenvalue weighted by Gasteiger charge is -2.25. The fourth-order valence-corrected chi connectivity index (χ4v) is 2.60. The molecule has 0 radical (unpaired) electrons. The molecule has 0 N–H and O–H groups in total. The highest BCUT2D eigenvalue weighted by Crippen LogP contribution is 2.30. The van der Waals surface area contributed by atoms with E-state index < -0.39 is 0 Å². The van der Waals surface area contributed by atoms with E-state index in [-0.39, 0.29) is 18.3 Å². The largest absolute Gasteiger partial charge is 0.446 e. The van der Waals surface area contributed by atoms with Gasteiger partial charge in [-0.25, -0.2) is 4.79 Å². The summed E-state index contributed by atoms with van der Waals surface area (Å²) in [6, 6.07) is 0. The van der Waals surface area contributed by atoms with Crippen LogP contribution < -0.4 is 0 Å². The van der Waals surface area contributed by atoms with Crippen molar-refractivity contribution in [2.75, 3.05) is 32.9 Å². The second-order valence-corrected chi connectivity index (χ2v) is 5.83. The van der Waals surface area contributed by atoms with Crippen LogP contribution in [0.25, 0.3) is 0 Å². The first kappa shape index (κ1) is 13.2. The summed E-state index contributed by atoms with van der Waals surface area (Å²) in [5.41, 5.74) is 0. The lowest BCUT2D eigenvalue weighted by Crippen LogP contribution is -2.35. The van der Waals surface area contributed by atoms with Gasteiger partial charge in [0, 0.05) is 26.0 Å². The third-order valence-electron chi connectivity index (χ3n) is 4.10. The quantitative estimate of drug-likeness (QED) is 0.781. The van der Waals surface area contributed by atoms with Crippen molar-refractivity contribution in [3.8, 4) is 0 Å². The Bertz CT molecular complexity index is 313. The summed E-state index contributed by atoms with van der Waals surface area (Å²) in [5, 5.41) is 0. The second kappa shape index (κ2) is 6.09. The molecule has 0 spiro atoms. The van der Waals surface area contributed by atoms with E-state index in [9.17, 15) is 4.79 Å². The molecule has 5 heteroatoms. The average Bonchev–Trinajstić information content (AvgIpc) is 3.14. The number of hydrogen-bond donors (Lipinski definition) is 0. The molecule has 1 aliphatic carbocycles. The first-order valence-electron chi connectivity index (χ1n) is 7.46. The number of ether oxygens (including phenoxy) is 3. The Morgan fingerprint density at radius 3 is 2.63 bits per heavy atom. The van der Waals surface area contributed by atoms with Crippen molar-refractivity contribution in [2.45, 2.75) is 44.3 Å². The van der Waals surface area contributed by atoms with Gasteiger partial charge in [0.2, 0.25) is 0 Å². The number of carbonyl (C=O) groups excluding carboxylic acids is 1. The van der Waals surface area contributed by atoms with Gasteiger partial charge in [0.15, 0.2) is 0 Å². The molecule has 0 aromatic carbocycles. The summed E-state index contributed by atoms with van der Waals surface area (Å²) < 4.78 is 16.6. The van der Waals surface area contributed by atoms with Crippen LogP contribution in [0.3, 0.4) is 0 Å². The van der Waals surface area contributed by atoms with Gasteiger partial charge in [-0.3, -0.25) is 0 Å². The van der Waals surface area contributed by atoms with Crippen LogP contribution >= 0.6 is 0 Å². The van der Waals surface area contributed by atoms with Crippen LogP contribution in [-0.4, -0.2) is 56.1 Å². The van der Waals surface area contributed by atoms with Gasteiger partial charge >= 0.3 is 6.09 Å². The van der Waals surface area contributed by atoms with Crippen molar-refractivity contribution < 1.29 is 19.0 Å². The first-order valence-corrected chi connectivity index (χ1v) is 7.46. The Kier molecular flexibility index (Phi) is 4.23. The predicted octanol–water partition coefficient (Wildman–Crippen LogP) is 1.80. The van der Waals surface area contributed by atoms with Gasteiger partial charge in [-0.2, -0.15) is 0 Å². The molecule has 108 valence electrons. The molecule has 3 rings (SSSR count). The molecule has 5 nitrogen and oxygen atoms in total. The van der Waals surface area contributed by atoms with Crippen LogP contribution in [0.1, 0.15) is 32.1 Å². The van der Waals surface area contributed by atoms with Crippen molar-refractivity contribution in [3.05, 3.63) is 0 Å². The van der Waals surface area contributed by atoms with Crippen LogP contribution in [0.5, 0.6) is 0 Å². The predicted molar refractivity (Wildman–Crippen MR) is 69.0 cm³/mol. The Morgan fingerprint density at radius 1 is 1.11 bits per heavy atom. The van der Waals surface area contributed by atoms with Crippen molar-refractivity contribution in [2.24, 2.45) is 5.92 Å². The molecule has 3 aliphatic rings. The third-order valence-corrected chi connectivity index (χ3v) is 4.10. The zero-order valence-corrected chi connectivity index (χ0v) is 11.4. The molecule has 1 atom stereocenters. The molecule has 3 fully saturated rings. The van der Waals surface area contributed by atoms with E-state index >= 15 is 0 Å². The smallest absolute Gasteiger partial charge is 0.410 e. The molecule has 2 saturated heterocycles. The number of hydrogen-bond acceptors (Lipinski definition) is 4. The minimum atomic E-state index is -0.176. The Labute approximate surface area is 114 Å². The maximum Gasteiger partial charge on any atom is 0.410 e. The van der Waals surface area contributed by atoms with Crippen molar-refractivity contribution in [3.63, 3.8) is 0 Å². The molecule has 2 heterocycles. The minimum absolute atomic E-state index is 0.0349.